The van der Waals surface area contributed by atoms with Gasteiger partial charge >= 0.3 is 0 Å². The maximum atomic E-state index is 3.96. The lowest BCUT2D eigenvalue weighted by atomic mass is 10.1. The highest BCUT2D eigenvalue weighted by Crippen LogP contribution is 2.19. The molecule has 0 aliphatic carbocycles. The van der Waals surface area contributed by atoms with Crippen molar-refractivity contribution in [2.45, 2.75) is 19.3 Å². The Kier molecular flexibility index (Phi) is 2.47. The summed E-state index contributed by atoms with van der Waals surface area (Å²) >= 11 is 2.06. The minimum atomic E-state index is 1.25. The van der Waals surface area contributed by atoms with E-state index >= 15 is 0 Å². The predicted octanol–water partition coefficient (Wildman–Crippen LogP) is 2.46. The molecule has 0 atom stereocenters. The van der Waals surface area contributed by atoms with Crippen molar-refractivity contribution in [1.29, 1.82) is 0 Å². The molecule has 0 N–H and O–H groups in total. The molecule has 8 heavy (non-hydrogen) atoms. The van der Waals surface area contributed by atoms with Gasteiger partial charge in [-0.25, -0.2) is 0 Å². The van der Waals surface area contributed by atoms with Gasteiger partial charge in [-0.05, 0) is 30.8 Å². The summed E-state index contributed by atoms with van der Waals surface area (Å²) in [6.45, 7) is 3.96. The average molecular weight is 128 g/mol. The Morgan fingerprint density at radius 2 is 2.12 bits per heavy atom. The molecular formula is C7H12S. The van der Waals surface area contributed by atoms with Gasteiger partial charge in [0.2, 0.25) is 0 Å². The first kappa shape index (κ1) is 6.21. The van der Waals surface area contributed by atoms with Gasteiger partial charge in [0.1, 0.15) is 0 Å². The molecule has 1 fully saturated rings. The van der Waals surface area contributed by atoms with Gasteiger partial charge in [0.25, 0.3) is 0 Å². The maximum Gasteiger partial charge on any atom is -0.00303 e. The molecule has 0 spiro atoms. The van der Waals surface area contributed by atoms with Gasteiger partial charge in [-0.1, -0.05) is 12.2 Å². The van der Waals surface area contributed by atoms with E-state index in [1.807, 2.05) is 0 Å². The summed E-state index contributed by atoms with van der Waals surface area (Å²) in [4.78, 5) is 0. The van der Waals surface area contributed by atoms with Crippen molar-refractivity contribution in [2.24, 2.45) is 0 Å². The van der Waals surface area contributed by atoms with Crippen molar-refractivity contribution in [3.63, 3.8) is 0 Å². The van der Waals surface area contributed by atoms with Crippen LogP contribution in [-0.2, 0) is 0 Å². The van der Waals surface area contributed by atoms with Crippen molar-refractivity contribution in [3.05, 3.63) is 12.2 Å². The van der Waals surface area contributed by atoms with E-state index in [2.05, 4.69) is 18.3 Å². The summed E-state index contributed by atoms with van der Waals surface area (Å²) in [5.41, 5.74) is 1.45. The van der Waals surface area contributed by atoms with Crippen LogP contribution in [0.15, 0.2) is 12.2 Å². The van der Waals surface area contributed by atoms with Gasteiger partial charge < -0.3 is 0 Å². The van der Waals surface area contributed by atoms with Crippen LogP contribution in [0.3, 0.4) is 0 Å². The molecule has 1 heteroatoms. The molecule has 0 amide bonds. The lowest BCUT2D eigenvalue weighted by Crippen LogP contribution is -1.77. The first-order valence-corrected chi connectivity index (χ1v) is 4.29. The van der Waals surface area contributed by atoms with E-state index in [9.17, 15) is 0 Å². The normalized spacial score (nSPS) is 22.8. The second kappa shape index (κ2) is 3.18. The number of thioether (sulfide) groups is 1. The summed E-state index contributed by atoms with van der Waals surface area (Å²) in [6.07, 6.45) is 3.88. The SMILES string of the molecule is C=C1CCCSCC1. The van der Waals surface area contributed by atoms with Crippen LogP contribution in [0.1, 0.15) is 19.3 Å². The van der Waals surface area contributed by atoms with E-state index in [0.29, 0.717) is 0 Å². The molecule has 1 aliphatic rings. The molecule has 1 saturated heterocycles. The lowest BCUT2D eigenvalue weighted by molar-refractivity contribution is 0.895. The first-order valence-electron chi connectivity index (χ1n) is 3.14. The van der Waals surface area contributed by atoms with Crippen molar-refractivity contribution in [1.82, 2.24) is 0 Å². The Bertz CT molecular complexity index is 76.4. The van der Waals surface area contributed by atoms with Gasteiger partial charge in [0.05, 0.1) is 0 Å². The van der Waals surface area contributed by atoms with Crippen LogP contribution in [0, 0.1) is 0 Å². The average Bonchev–Trinajstić information content (AvgIpc) is 1.94. The molecule has 0 aromatic heterocycles. The van der Waals surface area contributed by atoms with Crippen molar-refractivity contribution in [3.8, 4) is 0 Å². The molecule has 0 saturated carbocycles. The Labute approximate surface area is 55.4 Å². The second-order valence-electron chi connectivity index (χ2n) is 2.22. The molecule has 1 aliphatic heterocycles. The van der Waals surface area contributed by atoms with Gasteiger partial charge in [-0.2, -0.15) is 11.8 Å². The van der Waals surface area contributed by atoms with Crippen LogP contribution in [0.4, 0.5) is 0 Å². The molecule has 0 aromatic rings. The molecule has 46 valence electrons. The molecule has 0 radical (unpaired) electrons. The summed E-state index contributed by atoms with van der Waals surface area (Å²) in [5, 5.41) is 0. The lowest BCUT2D eigenvalue weighted by Gasteiger charge is -1.93. The van der Waals surface area contributed by atoms with Gasteiger partial charge in [-0.3, -0.25) is 0 Å². The molecule has 0 bridgehead atoms. The number of rotatable bonds is 0. The molecule has 0 unspecified atom stereocenters. The highest BCUT2D eigenvalue weighted by molar-refractivity contribution is 7.99. The minimum Gasteiger partial charge on any atom is -0.162 e. The topological polar surface area (TPSA) is 0 Å². The highest BCUT2D eigenvalue weighted by Gasteiger charge is 2.00. The van der Waals surface area contributed by atoms with Crippen LogP contribution in [-0.4, -0.2) is 11.5 Å². The maximum absolute atomic E-state index is 3.96. The van der Waals surface area contributed by atoms with Crippen molar-refractivity contribution in [2.75, 3.05) is 11.5 Å². The fourth-order valence-corrected chi connectivity index (χ4v) is 1.85. The predicted molar refractivity (Wildman–Crippen MR) is 40.3 cm³/mol. The van der Waals surface area contributed by atoms with E-state index in [0.717, 1.165) is 0 Å². The molecule has 1 heterocycles. The Hall–Kier alpha value is 0.0900. The van der Waals surface area contributed by atoms with Crippen LogP contribution >= 0.6 is 11.8 Å². The summed E-state index contributed by atoms with van der Waals surface area (Å²) in [5.74, 6) is 2.65. The Morgan fingerprint density at radius 1 is 1.25 bits per heavy atom. The van der Waals surface area contributed by atoms with Gasteiger partial charge in [-0.15, -0.1) is 0 Å². The third-order valence-corrected chi connectivity index (χ3v) is 2.49. The van der Waals surface area contributed by atoms with E-state index in [1.165, 1.54) is 36.3 Å². The van der Waals surface area contributed by atoms with Crippen molar-refractivity contribution >= 4 is 11.8 Å². The zero-order valence-electron chi connectivity index (χ0n) is 5.15. The van der Waals surface area contributed by atoms with Crippen LogP contribution in [0.25, 0.3) is 0 Å². The van der Waals surface area contributed by atoms with E-state index in [1.54, 1.807) is 0 Å². The smallest absolute Gasteiger partial charge is 0.00303 e. The fourth-order valence-electron chi connectivity index (χ4n) is 0.868. The third-order valence-electron chi connectivity index (χ3n) is 1.42. The zero-order valence-corrected chi connectivity index (χ0v) is 5.97. The summed E-state index contributed by atoms with van der Waals surface area (Å²) in [6, 6.07) is 0. The molecule has 0 aromatic carbocycles. The van der Waals surface area contributed by atoms with Crippen LogP contribution < -0.4 is 0 Å². The minimum absolute atomic E-state index is 1.25. The van der Waals surface area contributed by atoms with Gasteiger partial charge in [0.15, 0.2) is 0 Å². The van der Waals surface area contributed by atoms with E-state index in [4.69, 9.17) is 0 Å². The fraction of sp³-hybridized carbons (Fsp3) is 0.714. The highest BCUT2D eigenvalue weighted by atomic mass is 32.2. The largest absolute Gasteiger partial charge is 0.162 e. The number of hydrogen-bond acceptors (Lipinski definition) is 1. The zero-order chi connectivity index (χ0) is 5.82. The summed E-state index contributed by atoms with van der Waals surface area (Å²) < 4.78 is 0. The van der Waals surface area contributed by atoms with Crippen molar-refractivity contribution < 1.29 is 0 Å². The molecule has 0 nitrogen and oxygen atoms in total. The number of hydrogen-bond donors (Lipinski definition) is 0. The first-order chi connectivity index (χ1) is 3.89. The quantitative estimate of drug-likeness (QED) is 0.452. The Morgan fingerprint density at radius 3 is 3.00 bits per heavy atom. The molecular weight excluding hydrogens is 116 g/mol. The number of allylic oxidation sites excluding steroid dienone is 1. The third kappa shape index (κ3) is 1.91. The summed E-state index contributed by atoms with van der Waals surface area (Å²) in [7, 11) is 0. The standard InChI is InChI=1S/C7H12S/c1-7-3-2-5-8-6-4-7/h1-6H2. The second-order valence-corrected chi connectivity index (χ2v) is 3.44. The van der Waals surface area contributed by atoms with Gasteiger partial charge in [0, 0.05) is 0 Å². The monoisotopic (exact) mass is 128 g/mol. The van der Waals surface area contributed by atoms with Crippen LogP contribution in [0.5, 0.6) is 0 Å². The van der Waals surface area contributed by atoms with E-state index in [-0.39, 0.29) is 0 Å². The van der Waals surface area contributed by atoms with Crippen LogP contribution in [0.2, 0.25) is 0 Å². The Balaban J connectivity index is 2.27. The molecule has 1 rings (SSSR count). The van der Waals surface area contributed by atoms with E-state index < -0.39 is 0 Å².